The second-order valence-corrected chi connectivity index (χ2v) is 2.24. The van der Waals surface area contributed by atoms with E-state index >= 15 is 0 Å². The maximum Gasteiger partial charge on any atom is 0.169 e. The lowest BCUT2D eigenvalue weighted by molar-refractivity contribution is 0.210. The molecule has 0 bridgehead atoms. The van der Waals surface area contributed by atoms with Gasteiger partial charge in [0.2, 0.25) is 0 Å². The van der Waals surface area contributed by atoms with Crippen LogP contribution in [0.1, 0.15) is 5.76 Å². The number of hydrogen-bond donors (Lipinski definition) is 1. The maximum absolute atomic E-state index is 4.85. The van der Waals surface area contributed by atoms with Crippen molar-refractivity contribution < 1.29 is 9.26 Å². The van der Waals surface area contributed by atoms with Gasteiger partial charge in [-0.15, -0.1) is 0 Å². The monoisotopic (exact) mass is 156 g/mol. The van der Waals surface area contributed by atoms with Crippen molar-refractivity contribution in [2.75, 3.05) is 25.6 Å². The highest BCUT2D eigenvalue weighted by atomic mass is 16.5. The van der Waals surface area contributed by atoms with Crippen LogP contribution in [0.4, 0.5) is 5.82 Å². The number of aryl methyl sites for hydroxylation is 1. The average Bonchev–Trinajstić information content (AvgIpc) is 2.37. The summed E-state index contributed by atoms with van der Waals surface area (Å²) in [6.45, 7) is 3.28. The molecule has 0 aliphatic heterocycles. The van der Waals surface area contributed by atoms with E-state index < -0.39 is 0 Å². The van der Waals surface area contributed by atoms with Crippen LogP contribution in [0.3, 0.4) is 0 Å². The van der Waals surface area contributed by atoms with Gasteiger partial charge in [0.05, 0.1) is 6.61 Å². The molecule has 4 nitrogen and oxygen atoms in total. The molecule has 1 heterocycles. The molecule has 0 saturated carbocycles. The Labute approximate surface area is 65.5 Å². The molecular formula is C7H12N2O2. The van der Waals surface area contributed by atoms with Gasteiger partial charge in [0.25, 0.3) is 0 Å². The molecule has 0 aromatic carbocycles. The molecule has 1 aromatic rings. The van der Waals surface area contributed by atoms with Crippen LogP contribution in [-0.4, -0.2) is 25.4 Å². The molecule has 0 aliphatic rings. The second kappa shape index (κ2) is 3.98. The fourth-order valence-corrected chi connectivity index (χ4v) is 0.731. The fourth-order valence-electron chi connectivity index (χ4n) is 0.731. The van der Waals surface area contributed by atoms with Crippen LogP contribution < -0.4 is 5.32 Å². The first-order valence-electron chi connectivity index (χ1n) is 3.49. The number of rotatable bonds is 4. The van der Waals surface area contributed by atoms with E-state index in [1.807, 2.05) is 13.0 Å². The van der Waals surface area contributed by atoms with Crippen molar-refractivity contribution in [3.05, 3.63) is 11.8 Å². The molecule has 0 aliphatic carbocycles. The zero-order valence-electron chi connectivity index (χ0n) is 6.76. The van der Waals surface area contributed by atoms with Crippen LogP contribution in [0.5, 0.6) is 0 Å². The number of nitrogens with one attached hydrogen (secondary N) is 1. The molecule has 1 aromatic heterocycles. The van der Waals surface area contributed by atoms with Gasteiger partial charge in [-0.3, -0.25) is 0 Å². The summed E-state index contributed by atoms with van der Waals surface area (Å²) in [4.78, 5) is 0. The van der Waals surface area contributed by atoms with Gasteiger partial charge >= 0.3 is 0 Å². The topological polar surface area (TPSA) is 47.3 Å². The minimum atomic E-state index is 0.673. The molecule has 0 spiro atoms. The van der Waals surface area contributed by atoms with Gasteiger partial charge in [-0.05, 0) is 6.92 Å². The Balaban J connectivity index is 2.27. The van der Waals surface area contributed by atoms with E-state index in [-0.39, 0.29) is 0 Å². The molecule has 0 radical (unpaired) electrons. The molecule has 0 fully saturated rings. The Morgan fingerprint density at radius 2 is 2.55 bits per heavy atom. The Kier molecular flexibility index (Phi) is 2.92. The number of aromatic nitrogens is 1. The molecule has 0 saturated heterocycles. The minimum Gasteiger partial charge on any atom is -0.383 e. The minimum absolute atomic E-state index is 0.673. The van der Waals surface area contributed by atoms with Crippen LogP contribution in [0.25, 0.3) is 0 Å². The standard InChI is InChI=1S/C7H12N2O2/c1-6-5-7(9-11-6)8-3-4-10-2/h5H,3-4H2,1-2H3,(H,8,9). The molecule has 62 valence electrons. The third kappa shape index (κ3) is 2.59. The third-order valence-corrected chi connectivity index (χ3v) is 1.24. The van der Waals surface area contributed by atoms with Crippen LogP contribution in [0.15, 0.2) is 10.6 Å². The Hall–Kier alpha value is -1.03. The van der Waals surface area contributed by atoms with Crippen molar-refractivity contribution in [3.8, 4) is 0 Å². The smallest absolute Gasteiger partial charge is 0.169 e. The zero-order valence-corrected chi connectivity index (χ0v) is 6.76. The quantitative estimate of drug-likeness (QED) is 0.662. The molecule has 11 heavy (non-hydrogen) atoms. The summed E-state index contributed by atoms with van der Waals surface area (Å²) in [7, 11) is 1.66. The fraction of sp³-hybridized carbons (Fsp3) is 0.571. The van der Waals surface area contributed by atoms with Crippen LogP contribution in [0, 0.1) is 6.92 Å². The van der Waals surface area contributed by atoms with E-state index in [0.717, 1.165) is 18.1 Å². The third-order valence-electron chi connectivity index (χ3n) is 1.24. The zero-order chi connectivity index (χ0) is 8.10. The van der Waals surface area contributed by atoms with E-state index in [9.17, 15) is 0 Å². The van der Waals surface area contributed by atoms with Gasteiger partial charge < -0.3 is 14.6 Å². The summed E-state index contributed by atoms with van der Waals surface area (Å²) in [5.74, 6) is 1.57. The number of hydrogen-bond acceptors (Lipinski definition) is 4. The lowest BCUT2D eigenvalue weighted by Crippen LogP contribution is -2.07. The molecule has 0 unspecified atom stereocenters. The van der Waals surface area contributed by atoms with Crippen molar-refractivity contribution in [3.63, 3.8) is 0 Å². The van der Waals surface area contributed by atoms with Gasteiger partial charge in [-0.2, -0.15) is 0 Å². The van der Waals surface area contributed by atoms with Crippen molar-refractivity contribution in [1.82, 2.24) is 5.16 Å². The van der Waals surface area contributed by atoms with Gasteiger partial charge in [-0.1, -0.05) is 5.16 Å². The first-order chi connectivity index (χ1) is 5.33. The summed E-state index contributed by atoms with van der Waals surface area (Å²) in [5.41, 5.74) is 0. The average molecular weight is 156 g/mol. The molecule has 4 heteroatoms. The van der Waals surface area contributed by atoms with Crippen LogP contribution in [-0.2, 0) is 4.74 Å². The Morgan fingerprint density at radius 1 is 1.73 bits per heavy atom. The highest BCUT2D eigenvalue weighted by Gasteiger charge is 1.96. The van der Waals surface area contributed by atoms with Gasteiger partial charge in [0, 0.05) is 19.7 Å². The second-order valence-electron chi connectivity index (χ2n) is 2.24. The normalized spacial score (nSPS) is 10.0. The highest BCUT2D eigenvalue weighted by Crippen LogP contribution is 2.05. The van der Waals surface area contributed by atoms with Gasteiger partial charge in [-0.25, -0.2) is 0 Å². The van der Waals surface area contributed by atoms with Gasteiger partial charge in [0.1, 0.15) is 5.76 Å². The molecular weight excluding hydrogens is 144 g/mol. The lowest BCUT2D eigenvalue weighted by Gasteiger charge is -1.98. The number of anilines is 1. The van der Waals surface area contributed by atoms with E-state index in [2.05, 4.69) is 10.5 Å². The predicted molar refractivity (Wildman–Crippen MR) is 41.6 cm³/mol. The van der Waals surface area contributed by atoms with E-state index in [0.29, 0.717) is 6.61 Å². The SMILES string of the molecule is COCCNc1cc(C)on1. The summed E-state index contributed by atoms with van der Waals surface area (Å²) < 4.78 is 9.69. The Morgan fingerprint density at radius 3 is 3.09 bits per heavy atom. The van der Waals surface area contributed by atoms with Crippen molar-refractivity contribution in [2.45, 2.75) is 6.92 Å². The van der Waals surface area contributed by atoms with Crippen LogP contribution >= 0.6 is 0 Å². The van der Waals surface area contributed by atoms with Crippen molar-refractivity contribution in [1.29, 1.82) is 0 Å². The predicted octanol–water partition coefficient (Wildman–Crippen LogP) is 1.04. The van der Waals surface area contributed by atoms with E-state index in [4.69, 9.17) is 9.26 Å². The Bertz CT molecular complexity index is 210. The number of methoxy groups -OCH3 is 1. The van der Waals surface area contributed by atoms with E-state index in [1.54, 1.807) is 7.11 Å². The maximum atomic E-state index is 4.85. The largest absolute Gasteiger partial charge is 0.383 e. The first-order valence-corrected chi connectivity index (χ1v) is 3.49. The number of nitrogens with zero attached hydrogens (tertiary/aromatic N) is 1. The molecule has 0 amide bonds. The first kappa shape index (κ1) is 8.07. The van der Waals surface area contributed by atoms with Crippen molar-refractivity contribution >= 4 is 5.82 Å². The highest BCUT2D eigenvalue weighted by molar-refractivity contribution is 5.32. The summed E-state index contributed by atoms with van der Waals surface area (Å²) in [6, 6.07) is 1.84. The summed E-state index contributed by atoms with van der Waals surface area (Å²) in [6.07, 6.45) is 0. The van der Waals surface area contributed by atoms with E-state index in [1.165, 1.54) is 0 Å². The lowest BCUT2D eigenvalue weighted by atomic mass is 10.5. The summed E-state index contributed by atoms with van der Waals surface area (Å²) >= 11 is 0. The number of ether oxygens (including phenoxy) is 1. The molecule has 1 rings (SSSR count). The molecule has 1 N–H and O–H groups in total. The van der Waals surface area contributed by atoms with Crippen LogP contribution in [0.2, 0.25) is 0 Å². The van der Waals surface area contributed by atoms with Gasteiger partial charge in [0.15, 0.2) is 5.82 Å². The van der Waals surface area contributed by atoms with Crippen molar-refractivity contribution in [2.24, 2.45) is 0 Å². The summed E-state index contributed by atoms with van der Waals surface area (Å²) in [5, 5.41) is 6.78. The molecule has 0 atom stereocenters.